The molecule has 3 N–H and O–H groups in total. The zero-order chi connectivity index (χ0) is 13.5. The monoisotopic (exact) mass is 257 g/mol. The molecule has 6 nitrogen and oxygen atoms in total. The molecule has 1 heterocycles. The van der Waals surface area contributed by atoms with Crippen molar-refractivity contribution in [1.29, 1.82) is 0 Å². The van der Waals surface area contributed by atoms with Crippen LogP contribution in [-0.2, 0) is 14.3 Å². The molecule has 6 heteroatoms. The Morgan fingerprint density at radius 1 is 1.39 bits per heavy atom. The molecule has 2 amide bonds. The van der Waals surface area contributed by atoms with Crippen molar-refractivity contribution in [2.75, 3.05) is 32.8 Å². The van der Waals surface area contributed by atoms with Crippen LogP contribution in [0.5, 0.6) is 0 Å². The van der Waals surface area contributed by atoms with E-state index < -0.39 is 6.04 Å². The van der Waals surface area contributed by atoms with Gasteiger partial charge in [0.1, 0.15) is 6.04 Å². The molecule has 0 aromatic carbocycles. The van der Waals surface area contributed by atoms with E-state index in [4.69, 9.17) is 10.5 Å². The van der Waals surface area contributed by atoms with Gasteiger partial charge in [-0.25, -0.2) is 0 Å². The van der Waals surface area contributed by atoms with E-state index in [9.17, 15) is 9.59 Å². The molecular formula is C12H23N3O3. The maximum atomic E-state index is 12.2. The fourth-order valence-corrected chi connectivity index (χ4v) is 1.76. The van der Waals surface area contributed by atoms with Crippen molar-refractivity contribution in [3.8, 4) is 0 Å². The number of carbonyl (C=O) groups is 2. The van der Waals surface area contributed by atoms with Crippen LogP contribution in [0.15, 0.2) is 0 Å². The lowest BCUT2D eigenvalue weighted by Crippen LogP contribution is -2.52. The SMILES string of the molecule is CCC(NC(=O)C(C)CN)C(=O)N1CCOCC1. The minimum atomic E-state index is -0.454. The number of nitrogens with two attached hydrogens (primary N) is 1. The molecule has 1 rings (SSSR count). The van der Waals surface area contributed by atoms with Crippen molar-refractivity contribution in [3.63, 3.8) is 0 Å². The third-order valence-electron chi connectivity index (χ3n) is 3.15. The summed E-state index contributed by atoms with van der Waals surface area (Å²) in [5, 5.41) is 2.76. The van der Waals surface area contributed by atoms with E-state index in [1.165, 1.54) is 0 Å². The summed E-state index contributed by atoms with van der Waals surface area (Å²) in [4.78, 5) is 25.7. The first-order valence-electron chi connectivity index (χ1n) is 6.47. The molecular weight excluding hydrogens is 234 g/mol. The topological polar surface area (TPSA) is 84.7 Å². The van der Waals surface area contributed by atoms with Crippen molar-refractivity contribution < 1.29 is 14.3 Å². The van der Waals surface area contributed by atoms with E-state index >= 15 is 0 Å². The van der Waals surface area contributed by atoms with Crippen LogP contribution in [0.1, 0.15) is 20.3 Å². The number of carbonyl (C=O) groups excluding carboxylic acids is 2. The number of nitrogens with zero attached hydrogens (tertiary/aromatic N) is 1. The fraction of sp³-hybridized carbons (Fsp3) is 0.833. The number of rotatable bonds is 5. The number of nitrogens with one attached hydrogen (secondary N) is 1. The normalized spacial score (nSPS) is 19.2. The summed E-state index contributed by atoms with van der Waals surface area (Å²) < 4.78 is 5.20. The van der Waals surface area contributed by atoms with Crippen LogP contribution >= 0.6 is 0 Å². The van der Waals surface area contributed by atoms with Crippen molar-refractivity contribution in [2.24, 2.45) is 11.7 Å². The molecule has 0 bridgehead atoms. The molecule has 0 saturated carbocycles. The third-order valence-corrected chi connectivity index (χ3v) is 3.15. The number of amides is 2. The smallest absolute Gasteiger partial charge is 0.245 e. The van der Waals surface area contributed by atoms with E-state index in [1.807, 2.05) is 6.92 Å². The van der Waals surface area contributed by atoms with Crippen LogP contribution in [0, 0.1) is 5.92 Å². The second kappa shape index (κ2) is 7.33. The van der Waals surface area contributed by atoms with Crippen LogP contribution in [0.4, 0.5) is 0 Å². The molecule has 2 unspecified atom stereocenters. The summed E-state index contributed by atoms with van der Waals surface area (Å²) in [5.41, 5.74) is 5.44. The van der Waals surface area contributed by atoms with Crippen molar-refractivity contribution in [3.05, 3.63) is 0 Å². The van der Waals surface area contributed by atoms with Gasteiger partial charge >= 0.3 is 0 Å². The van der Waals surface area contributed by atoms with E-state index in [2.05, 4.69) is 5.32 Å². The van der Waals surface area contributed by atoms with E-state index in [0.29, 0.717) is 32.7 Å². The lowest BCUT2D eigenvalue weighted by molar-refractivity contribution is -0.140. The second-order valence-corrected chi connectivity index (χ2v) is 4.54. The zero-order valence-corrected chi connectivity index (χ0v) is 11.1. The Morgan fingerprint density at radius 2 is 2.00 bits per heavy atom. The van der Waals surface area contributed by atoms with Crippen molar-refractivity contribution in [1.82, 2.24) is 10.2 Å². The first kappa shape index (κ1) is 14.9. The summed E-state index contributed by atoms with van der Waals surface area (Å²) in [5.74, 6) is -0.458. The average Bonchev–Trinajstić information content (AvgIpc) is 2.43. The zero-order valence-electron chi connectivity index (χ0n) is 11.1. The Bertz CT molecular complexity index is 290. The summed E-state index contributed by atoms with van der Waals surface area (Å²) in [6.45, 7) is 6.24. The van der Waals surface area contributed by atoms with Gasteiger partial charge in [0, 0.05) is 25.6 Å². The van der Waals surface area contributed by atoms with Gasteiger partial charge in [-0.15, -0.1) is 0 Å². The maximum absolute atomic E-state index is 12.2. The lowest BCUT2D eigenvalue weighted by atomic mass is 10.1. The minimum Gasteiger partial charge on any atom is -0.378 e. The number of hydrogen-bond acceptors (Lipinski definition) is 4. The highest BCUT2D eigenvalue weighted by molar-refractivity contribution is 5.88. The maximum Gasteiger partial charge on any atom is 0.245 e. The quantitative estimate of drug-likeness (QED) is 0.684. The highest BCUT2D eigenvalue weighted by atomic mass is 16.5. The van der Waals surface area contributed by atoms with Gasteiger partial charge in [0.2, 0.25) is 11.8 Å². The molecule has 1 fully saturated rings. The number of hydrogen-bond donors (Lipinski definition) is 2. The Labute approximate surface area is 108 Å². The molecule has 2 atom stereocenters. The standard InChI is InChI=1S/C12H23N3O3/c1-3-10(14-11(16)9(2)8-13)12(17)15-4-6-18-7-5-15/h9-10H,3-8,13H2,1-2H3,(H,14,16). The summed E-state index contributed by atoms with van der Waals surface area (Å²) in [7, 11) is 0. The molecule has 18 heavy (non-hydrogen) atoms. The Kier molecular flexibility index (Phi) is 6.07. The molecule has 1 saturated heterocycles. The van der Waals surface area contributed by atoms with E-state index in [-0.39, 0.29) is 24.3 Å². The summed E-state index contributed by atoms with van der Waals surface area (Å²) >= 11 is 0. The minimum absolute atomic E-state index is 0.0293. The van der Waals surface area contributed by atoms with Gasteiger partial charge in [0.15, 0.2) is 0 Å². The molecule has 0 aromatic rings. The van der Waals surface area contributed by atoms with E-state index in [0.717, 1.165) is 0 Å². The molecule has 0 aliphatic carbocycles. The molecule has 104 valence electrons. The van der Waals surface area contributed by atoms with Crippen LogP contribution in [0.2, 0.25) is 0 Å². The molecule has 0 radical (unpaired) electrons. The molecule has 1 aliphatic rings. The summed E-state index contributed by atoms with van der Waals surface area (Å²) in [6.07, 6.45) is 0.583. The highest BCUT2D eigenvalue weighted by Gasteiger charge is 2.26. The predicted molar refractivity (Wildman–Crippen MR) is 67.8 cm³/mol. The lowest BCUT2D eigenvalue weighted by Gasteiger charge is -2.30. The number of ether oxygens (including phenoxy) is 1. The Morgan fingerprint density at radius 3 is 2.50 bits per heavy atom. The van der Waals surface area contributed by atoms with Crippen molar-refractivity contribution in [2.45, 2.75) is 26.3 Å². The largest absolute Gasteiger partial charge is 0.378 e. The summed E-state index contributed by atoms with van der Waals surface area (Å²) in [6, 6.07) is -0.454. The molecule has 0 aromatic heterocycles. The van der Waals surface area contributed by atoms with Gasteiger partial charge in [0.05, 0.1) is 13.2 Å². The first-order chi connectivity index (χ1) is 8.60. The number of morpholine rings is 1. The van der Waals surface area contributed by atoms with Gasteiger partial charge < -0.3 is 20.7 Å². The van der Waals surface area contributed by atoms with Gasteiger partial charge in [-0.3, -0.25) is 9.59 Å². The average molecular weight is 257 g/mol. The van der Waals surface area contributed by atoms with Gasteiger partial charge in [-0.05, 0) is 6.42 Å². The van der Waals surface area contributed by atoms with Crippen molar-refractivity contribution >= 4 is 11.8 Å². The molecule has 1 aliphatic heterocycles. The molecule has 0 spiro atoms. The Hall–Kier alpha value is -1.14. The van der Waals surface area contributed by atoms with Crippen LogP contribution in [0.25, 0.3) is 0 Å². The fourth-order valence-electron chi connectivity index (χ4n) is 1.76. The van der Waals surface area contributed by atoms with Crippen LogP contribution < -0.4 is 11.1 Å². The van der Waals surface area contributed by atoms with Crippen LogP contribution in [0.3, 0.4) is 0 Å². The third kappa shape index (κ3) is 3.96. The Balaban J connectivity index is 2.53. The van der Waals surface area contributed by atoms with Crippen LogP contribution in [-0.4, -0.2) is 55.6 Å². The second-order valence-electron chi connectivity index (χ2n) is 4.54. The first-order valence-corrected chi connectivity index (χ1v) is 6.47. The highest BCUT2D eigenvalue weighted by Crippen LogP contribution is 2.04. The van der Waals surface area contributed by atoms with Gasteiger partial charge in [-0.1, -0.05) is 13.8 Å². The predicted octanol–water partition coefficient (Wildman–Crippen LogP) is -0.665. The van der Waals surface area contributed by atoms with Gasteiger partial charge in [-0.2, -0.15) is 0 Å². The van der Waals surface area contributed by atoms with E-state index in [1.54, 1.807) is 11.8 Å². The van der Waals surface area contributed by atoms with Gasteiger partial charge in [0.25, 0.3) is 0 Å².